The van der Waals surface area contributed by atoms with Crippen molar-refractivity contribution in [1.82, 2.24) is 0 Å². The minimum Gasteiger partial charge on any atom is -0.365 e. The average Bonchev–Trinajstić information content (AvgIpc) is 2.82. The van der Waals surface area contributed by atoms with Gasteiger partial charge in [0, 0.05) is 0 Å². The third kappa shape index (κ3) is 3.59. The first kappa shape index (κ1) is 17.2. The van der Waals surface area contributed by atoms with Crippen LogP contribution in [0.1, 0.15) is 39.2 Å². The zero-order chi connectivity index (χ0) is 16.6. The second-order valence-corrected chi connectivity index (χ2v) is 8.16. The van der Waals surface area contributed by atoms with E-state index in [0.717, 1.165) is 18.4 Å². The molecule has 2 unspecified atom stereocenters. The van der Waals surface area contributed by atoms with Crippen LogP contribution in [-0.4, -0.2) is 25.7 Å². The van der Waals surface area contributed by atoms with E-state index >= 15 is 0 Å². The summed E-state index contributed by atoms with van der Waals surface area (Å²) in [4.78, 5) is 0.163. The van der Waals surface area contributed by atoms with Gasteiger partial charge in [-0.3, -0.25) is 4.18 Å². The molecule has 122 valence electrons. The highest BCUT2D eigenvalue weighted by atomic mass is 32.2. The van der Waals surface area contributed by atoms with Gasteiger partial charge >= 0.3 is 0 Å². The van der Waals surface area contributed by atoms with Crippen molar-refractivity contribution in [3.05, 3.63) is 42.5 Å². The predicted molar refractivity (Wildman–Crippen MR) is 86.2 cm³/mol. The van der Waals surface area contributed by atoms with Crippen LogP contribution >= 0.6 is 0 Å². The van der Waals surface area contributed by atoms with Crippen LogP contribution in [0.3, 0.4) is 0 Å². The molecule has 1 aromatic carbocycles. The van der Waals surface area contributed by atoms with E-state index in [4.69, 9.17) is 8.92 Å². The van der Waals surface area contributed by atoms with E-state index in [1.54, 1.807) is 44.2 Å². The molecule has 2 atom stereocenters. The fourth-order valence-electron chi connectivity index (χ4n) is 2.59. The van der Waals surface area contributed by atoms with Crippen molar-refractivity contribution in [1.29, 1.82) is 0 Å². The summed E-state index contributed by atoms with van der Waals surface area (Å²) in [7, 11) is -3.82. The van der Waals surface area contributed by atoms with Crippen LogP contribution in [-0.2, 0) is 19.0 Å². The summed E-state index contributed by atoms with van der Waals surface area (Å²) in [5, 5.41) is 0. The standard InChI is InChI=1S/C17H24O4S/c1-6-17(5)12-11-15(20-17)16(3,4)21-22(18,19)14-9-7-13(2)8-10-14/h6-10,15H,1,11-12H2,2-5H3. The summed E-state index contributed by atoms with van der Waals surface area (Å²) in [5.74, 6) is 0. The van der Waals surface area contributed by atoms with Crippen LogP contribution < -0.4 is 0 Å². The van der Waals surface area contributed by atoms with Crippen LogP contribution in [0, 0.1) is 6.92 Å². The van der Waals surface area contributed by atoms with Crippen molar-refractivity contribution in [2.45, 2.75) is 62.7 Å². The Hall–Kier alpha value is -1.17. The minimum absolute atomic E-state index is 0.163. The molecule has 0 saturated carbocycles. The van der Waals surface area contributed by atoms with Crippen molar-refractivity contribution in [2.24, 2.45) is 0 Å². The second kappa shape index (κ2) is 5.80. The van der Waals surface area contributed by atoms with E-state index in [2.05, 4.69) is 6.58 Å². The third-order valence-corrected chi connectivity index (χ3v) is 5.65. The first-order valence-electron chi connectivity index (χ1n) is 7.42. The number of rotatable bonds is 5. The summed E-state index contributed by atoms with van der Waals surface area (Å²) in [6.45, 7) is 11.1. The zero-order valence-corrected chi connectivity index (χ0v) is 14.4. The lowest BCUT2D eigenvalue weighted by atomic mass is 9.97. The fourth-order valence-corrected chi connectivity index (χ4v) is 3.83. The van der Waals surface area contributed by atoms with E-state index in [9.17, 15) is 8.42 Å². The third-order valence-electron chi connectivity index (χ3n) is 4.16. The molecule has 22 heavy (non-hydrogen) atoms. The molecule has 0 aliphatic carbocycles. The molecule has 4 nitrogen and oxygen atoms in total. The zero-order valence-electron chi connectivity index (χ0n) is 13.6. The van der Waals surface area contributed by atoms with Gasteiger partial charge in [0.15, 0.2) is 0 Å². The number of hydrogen-bond acceptors (Lipinski definition) is 4. The van der Waals surface area contributed by atoms with E-state index in [0.29, 0.717) is 0 Å². The Morgan fingerprint density at radius 2 is 1.95 bits per heavy atom. The molecule has 1 fully saturated rings. The molecular weight excluding hydrogens is 300 g/mol. The maximum absolute atomic E-state index is 12.4. The van der Waals surface area contributed by atoms with Gasteiger partial charge in [0.2, 0.25) is 0 Å². The minimum atomic E-state index is -3.82. The van der Waals surface area contributed by atoms with Gasteiger partial charge in [0.05, 0.1) is 16.6 Å². The number of hydrogen-bond donors (Lipinski definition) is 0. The largest absolute Gasteiger partial charge is 0.365 e. The van der Waals surface area contributed by atoms with E-state index in [1.807, 2.05) is 13.8 Å². The number of aryl methyl sites for hydroxylation is 1. The highest BCUT2D eigenvalue weighted by molar-refractivity contribution is 7.86. The maximum Gasteiger partial charge on any atom is 0.297 e. The SMILES string of the molecule is C=CC1(C)CCC(C(C)(C)OS(=O)(=O)c2ccc(C)cc2)O1. The van der Waals surface area contributed by atoms with Gasteiger partial charge in [-0.05, 0) is 52.7 Å². The van der Waals surface area contributed by atoms with Gasteiger partial charge in [-0.15, -0.1) is 6.58 Å². The molecule has 0 aromatic heterocycles. The quantitative estimate of drug-likeness (QED) is 0.613. The van der Waals surface area contributed by atoms with Crippen LogP contribution in [0.25, 0.3) is 0 Å². The lowest BCUT2D eigenvalue weighted by Gasteiger charge is -2.32. The summed E-state index contributed by atoms with van der Waals surface area (Å²) in [5.41, 5.74) is -0.359. The monoisotopic (exact) mass is 324 g/mol. The lowest BCUT2D eigenvalue weighted by Crippen LogP contribution is -2.42. The van der Waals surface area contributed by atoms with Gasteiger partial charge in [-0.25, -0.2) is 0 Å². The highest BCUT2D eigenvalue weighted by Gasteiger charge is 2.44. The van der Waals surface area contributed by atoms with Gasteiger partial charge in [0.25, 0.3) is 10.1 Å². The molecule has 2 rings (SSSR count). The Labute approximate surface area is 133 Å². The fraction of sp³-hybridized carbons (Fsp3) is 0.529. The molecule has 0 amide bonds. The van der Waals surface area contributed by atoms with Crippen molar-refractivity contribution in [3.8, 4) is 0 Å². The molecule has 0 radical (unpaired) electrons. The number of benzene rings is 1. The van der Waals surface area contributed by atoms with Crippen LogP contribution in [0.5, 0.6) is 0 Å². The Balaban J connectivity index is 2.17. The lowest BCUT2D eigenvalue weighted by molar-refractivity contribution is -0.0850. The van der Waals surface area contributed by atoms with Crippen molar-refractivity contribution in [3.63, 3.8) is 0 Å². The van der Waals surface area contributed by atoms with E-state index in [1.165, 1.54) is 0 Å². The molecular formula is C17H24O4S. The maximum atomic E-state index is 12.4. The Kier molecular flexibility index (Phi) is 4.53. The van der Waals surface area contributed by atoms with Crippen LogP contribution in [0.2, 0.25) is 0 Å². The van der Waals surface area contributed by atoms with Gasteiger partial charge < -0.3 is 4.74 Å². The first-order chi connectivity index (χ1) is 10.1. The Morgan fingerprint density at radius 1 is 1.36 bits per heavy atom. The van der Waals surface area contributed by atoms with Gasteiger partial charge in [0.1, 0.15) is 5.60 Å². The second-order valence-electron chi connectivity index (χ2n) is 6.62. The van der Waals surface area contributed by atoms with E-state index in [-0.39, 0.29) is 11.0 Å². The molecule has 1 aromatic rings. The first-order valence-corrected chi connectivity index (χ1v) is 8.83. The van der Waals surface area contributed by atoms with Gasteiger partial charge in [-0.1, -0.05) is 23.8 Å². The molecule has 0 bridgehead atoms. The summed E-state index contributed by atoms with van der Waals surface area (Å²) in [6, 6.07) is 6.63. The van der Waals surface area contributed by atoms with Crippen LogP contribution in [0.15, 0.2) is 41.8 Å². The molecule has 0 spiro atoms. The van der Waals surface area contributed by atoms with E-state index < -0.39 is 21.3 Å². The summed E-state index contributed by atoms with van der Waals surface area (Å²) in [6.07, 6.45) is 3.00. The summed E-state index contributed by atoms with van der Waals surface area (Å²) < 4.78 is 36.3. The topological polar surface area (TPSA) is 52.6 Å². The smallest absolute Gasteiger partial charge is 0.297 e. The Bertz CT molecular complexity index is 646. The molecule has 1 saturated heterocycles. The normalized spacial score (nSPS) is 26.1. The molecule has 5 heteroatoms. The predicted octanol–water partition coefficient (Wildman–Crippen LogP) is 3.60. The average molecular weight is 324 g/mol. The van der Waals surface area contributed by atoms with Crippen LogP contribution in [0.4, 0.5) is 0 Å². The highest BCUT2D eigenvalue weighted by Crippen LogP contribution is 2.38. The Morgan fingerprint density at radius 3 is 2.45 bits per heavy atom. The van der Waals surface area contributed by atoms with Crippen molar-refractivity contribution >= 4 is 10.1 Å². The van der Waals surface area contributed by atoms with Crippen molar-refractivity contribution < 1.29 is 17.3 Å². The molecule has 1 aliphatic heterocycles. The molecule has 1 aliphatic rings. The summed E-state index contributed by atoms with van der Waals surface area (Å²) >= 11 is 0. The van der Waals surface area contributed by atoms with Gasteiger partial charge in [-0.2, -0.15) is 8.42 Å². The van der Waals surface area contributed by atoms with Crippen molar-refractivity contribution in [2.75, 3.05) is 0 Å². The molecule has 0 N–H and O–H groups in total. The molecule has 1 heterocycles. The number of ether oxygens (including phenoxy) is 1.